The van der Waals surface area contributed by atoms with Crippen LogP contribution in [0.4, 0.5) is 0 Å². The first-order valence-corrected chi connectivity index (χ1v) is 7.06. The van der Waals surface area contributed by atoms with Crippen LogP contribution in [0.1, 0.15) is 39.0 Å². The van der Waals surface area contributed by atoms with Crippen LogP contribution in [0.15, 0.2) is 0 Å². The Hall–Kier alpha value is -0.590. The molecule has 0 amide bonds. The van der Waals surface area contributed by atoms with Crippen molar-refractivity contribution in [2.24, 2.45) is 5.92 Å². The maximum atomic E-state index is 9.37. The third kappa shape index (κ3) is 3.00. The van der Waals surface area contributed by atoms with Crippen molar-refractivity contribution in [3.05, 3.63) is 0 Å². The Morgan fingerprint density at radius 1 is 1.12 bits per heavy atom. The molecule has 3 heteroatoms. The van der Waals surface area contributed by atoms with Crippen LogP contribution in [0.5, 0.6) is 0 Å². The van der Waals surface area contributed by atoms with Crippen LogP contribution < -0.4 is 0 Å². The van der Waals surface area contributed by atoms with E-state index in [0.717, 1.165) is 26.1 Å². The second-order valence-electron chi connectivity index (χ2n) is 5.79. The summed E-state index contributed by atoms with van der Waals surface area (Å²) in [5.74, 6) is 0.267. The highest BCUT2D eigenvalue weighted by Crippen LogP contribution is 2.29. The van der Waals surface area contributed by atoms with Gasteiger partial charge < -0.3 is 4.90 Å². The Balaban J connectivity index is 2.05. The van der Waals surface area contributed by atoms with Crippen molar-refractivity contribution >= 4 is 0 Å². The molecule has 1 saturated carbocycles. The first-order valence-electron chi connectivity index (χ1n) is 7.06. The van der Waals surface area contributed by atoms with Crippen molar-refractivity contribution in [3.63, 3.8) is 0 Å². The average molecular weight is 235 g/mol. The summed E-state index contributed by atoms with van der Waals surface area (Å²) in [5.41, 5.74) is 0. The van der Waals surface area contributed by atoms with E-state index < -0.39 is 0 Å². The molecule has 17 heavy (non-hydrogen) atoms. The topological polar surface area (TPSA) is 30.3 Å². The molecule has 3 unspecified atom stereocenters. The summed E-state index contributed by atoms with van der Waals surface area (Å²) in [6.07, 6.45) is 6.21. The third-order valence-electron chi connectivity index (χ3n) is 4.45. The quantitative estimate of drug-likeness (QED) is 0.652. The van der Waals surface area contributed by atoms with Crippen LogP contribution in [0.2, 0.25) is 0 Å². The lowest BCUT2D eigenvalue weighted by Gasteiger charge is -2.44. The third-order valence-corrected chi connectivity index (χ3v) is 4.45. The molecule has 2 aliphatic rings. The van der Waals surface area contributed by atoms with Gasteiger partial charge in [0, 0.05) is 31.7 Å². The van der Waals surface area contributed by atoms with E-state index in [1.807, 2.05) is 0 Å². The lowest BCUT2D eigenvalue weighted by molar-refractivity contribution is 0.0427. The molecule has 1 aliphatic heterocycles. The van der Waals surface area contributed by atoms with Gasteiger partial charge in [0.15, 0.2) is 0 Å². The molecule has 0 aromatic rings. The van der Waals surface area contributed by atoms with E-state index in [4.69, 9.17) is 0 Å². The first-order chi connectivity index (χ1) is 8.22. The van der Waals surface area contributed by atoms with Gasteiger partial charge in [-0.1, -0.05) is 19.3 Å². The molecular weight excluding hydrogens is 210 g/mol. The van der Waals surface area contributed by atoms with Crippen molar-refractivity contribution in [1.82, 2.24) is 9.80 Å². The highest BCUT2D eigenvalue weighted by molar-refractivity contribution is 4.97. The minimum Gasteiger partial charge on any atom is -0.304 e. The minimum atomic E-state index is 0.267. The van der Waals surface area contributed by atoms with Gasteiger partial charge in [0.2, 0.25) is 0 Å². The Kier molecular flexibility index (Phi) is 4.42. The maximum Gasteiger partial charge on any atom is 0.0672 e. The van der Waals surface area contributed by atoms with Gasteiger partial charge >= 0.3 is 0 Å². The van der Waals surface area contributed by atoms with Crippen molar-refractivity contribution in [2.75, 3.05) is 26.7 Å². The molecule has 0 spiro atoms. The standard InChI is InChI=1S/C14H25N3/c1-12-11-16(2)8-9-17(12)14-7-5-3-4-6-13(14)10-15/h12-14H,3-9,11H2,1-2H3. The Labute approximate surface area is 105 Å². The molecule has 3 atom stereocenters. The molecule has 0 N–H and O–H groups in total. The average Bonchev–Trinajstić information content (AvgIpc) is 2.54. The number of nitriles is 1. The van der Waals surface area contributed by atoms with Crippen LogP contribution in [0.3, 0.4) is 0 Å². The number of hydrogen-bond acceptors (Lipinski definition) is 3. The fourth-order valence-electron chi connectivity index (χ4n) is 3.48. The van der Waals surface area contributed by atoms with Gasteiger partial charge in [-0.25, -0.2) is 0 Å². The summed E-state index contributed by atoms with van der Waals surface area (Å²) in [6.45, 7) is 5.75. The van der Waals surface area contributed by atoms with Crippen LogP contribution in [0, 0.1) is 17.2 Å². The van der Waals surface area contributed by atoms with Gasteiger partial charge in [0.25, 0.3) is 0 Å². The monoisotopic (exact) mass is 235 g/mol. The summed E-state index contributed by atoms with van der Waals surface area (Å²) in [6, 6.07) is 3.69. The summed E-state index contributed by atoms with van der Waals surface area (Å²) in [4.78, 5) is 5.01. The fraction of sp³-hybridized carbons (Fsp3) is 0.929. The molecule has 1 aliphatic carbocycles. The van der Waals surface area contributed by atoms with Crippen molar-refractivity contribution in [2.45, 2.75) is 51.1 Å². The number of rotatable bonds is 1. The van der Waals surface area contributed by atoms with E-state index in [0.29, 0.717) is 12.1 Å². The summed E-state index contributed by atoms with van der Waals surface area (Å²) in [7, 11) is 2.20. The molecule has 0 radical (unpaired) electrons. The van der Waals surface area contributed by atoms with Gasteiger partial charge in [0.05, 0.1) is 12.0 Å². The molecule has 3 nitrogen and oxygen atoms in total. The van der Waals surface area contributed by atoms with Gasteiger partial charge in [-0.3, -0.25) is 4.90 Å². The second kappa shape index (κ2) is 5.84. The molecule has 2 fully saturated rings. The van der Waals surface area contributed by atoms with Crippen LogP contribution in [0.25, 0.3) is 0 Å². The first kappa shape index (κ1) is 12.9. The second-order valence-corrected chi connectivity index (χ2v) is 5.79. The van der Waals surface area contributed by atoms with Gasteiger partial charge in [0.1, 0.15) is 0 Å². The van der Waals surface area contributed by atoms with Crippen molar-refractivity contribution < 1.29 is 0 Å². The predicted molar refractivity (Wildman–Crippen MR) is 69.6 cm³/mol. The molecule has 0 aromatic heterocycles. The Morgan fingerprint density at radius 2 is 1.88 bits per heavy atom. The smallest absolute Gasteiger partial charge is 0.0672 e. The Bertz CT molecular complexity index is 284. The zero-order valence-electron chi connectivity index (χ0n) is 11.2. The summed E-state index contributed by atoms with van der Waals surface area (Å²) >= 11 is 0. The van der Waals surface area contributed by atoms with E-state index in [1.54, 1.807) is 0 Å². The lowest BCUT2D eigenvalue weighted by atomic mass is 9.93. The van der Waals surface area contributed by atoms with E-state index in [9.17, 15) is 5.26 Å². The molecule has 96 valence electrons. The minimum absolute atomic E-state index is 0.267. The van der Waals surface area contributed by atoms with Crippen LogP contribution in [-0.2, 0) is 0 Å². The fourth-order valence-corrected chi connectivity index (χ4v) is 3.48. The Morgan fingerprint density at radius 3 is 2.59 bits per heavy atom. The van der Waals surface area contributed by atoms with E-state index in [-0.39, 0.29) is 5.92 Å². The van der Waals surface area contributed by atoms with Gasteiger partial charge in [-0.05, 0) is 26.8 Å². The van der Waals surface area contributed by atoms with Crippen LogP contribution >= 0.6 is 0 Å². The normalized spacial score (nSPS) is 37.4. The van der Waals surface area contributed by atoms with Gasteiger partial charge in [-0.2, -0.15) is 5.26 Å². The molecule has 1 heterocycles. The van der Waals surface area contributed by atoms with E-state index in [2.05, 4.69) is 29.8 Å². The van der Waals surface area contributed by atoms with Crippen molar-refractivity contribution in [1.29, 1.82) is 5.26 Å². The lowest BCUT2D eigenvalue weighted by Crippen LogP contribution is -2.55. The number of hydrogen-bond donors (Lipinski definition) is 0. The highest BCUT2D eigenvalue weighted by Gasteiger charge is 2.33. The summed E-state index contributed by atoms with van der Waals surface area (Å²) in [5, 5.41) is 9.37. The zero-order valence-corrected chi connectivity index (χ0v) is 11.2. The highest BCUT2D eigenvalue weighted by atomic mass is 15.3. The summed E-state index contributed by atoms with van der Waals surface area (Å²) < 4.78 is 0. The largest absolute Gasteiger partial charge is 0.304 e. The molecule has 2 rings (SSSR count). The van der Waals surface area contributed by atoms with Gasteiger partial charge in [-0.15, -0.1) is 0 Å². The number of likely N-dealkylation sites (N-methyl/N-ethyl adjacent to an activating group) is 1. The number of piperazine rings is 1. The van der Waals surface area contributed by atoms with E-state index >= 15 is 0 Å². The zero-order chi connectivity index (χ0) is 12.3. The number of nitrogens with zero attached hydrogens (tertiary/aromatic N) is 3. The van der Waals surface area contributed by atoms with Crippen molar-refractivity contribution in [3.8, 4) is 6.07 Å². The maximum absolute atomic E-state index is 9.37. The SMILES string of the molecule is CC1CN(C)CCN1C1CCCCCC1C#N. The molecular formula is C14H25N3. The predicted octanol–water partition coefficient (Wildman–Crippen LogP) is 2.09. The molecule has 1 saturated heterocycles. The van der Waals surface area contributed by atoms with Crippen LogP contribution in [-0.4, -0.2) is 48.6 Å². The molecule has 0 bridgehead atoms. The molecule has 0 aromatic carbocycles. The van der Waals surface area contributed by atoms with E-state index in [1.165, 1.54) is 25.7 Å².